The maximum Gasteiger partial charge on any atom is 0.328 e. The fourth-order valence-electron chi connectivity index (χ4n) is 1.14. The van der Waals surface area contributed by atoms with E-state index in [2.05, 4.69) is 5.32 Å². The number of carbonyl (C=O) groups excluding carboxylic acids is 1. The molecule has 0 spiro atoms. The van der Waals surface area contributed by atoms with E-state index in [0.717, 1.165) is 6.08 Å². The summed E-state index contributed by atoms with van der Waals surface area (Å²) in [6.45, 7) is 0. The Morgan fingerprint density at radius 2 is 1.83 bits per heavy atom. The fourth-order valence-corrected chi connectivity index (χ4v) is 1.83. The van der Waals surface area contributed by atoms with Crippen LogP contribution in [0.15, 0.2) is 41.3 Å². The number of carboxylic acid groups (broad SMARTS) is 1. The van der Waals surface area contributed by atoms with E-state index in [0.29, 0.717) is 6.08 Å². The molecule has 7 nitrogen and oxygen atoms in total. The van der Waals surface area contributed by atoms with E-state index in [1.54, 1.807) is 0 Å². The highest BCUT2D eigenvalue weighted by molar-refractivity contribution is 7.89. The summed E-state index contributed by atoms with van der Waals surface area (Å²) in [6, 6.07) is 5.52. The van der Waals surface area contributed by atoms with Crippen LogP contribution < -0.4 is 10.5 Å². The van der Waals surface area contributed by atoms with E-state index in [-0.39, 0.29) is 10.6 Å². The number of aliphatic carboxylic acids is 1. The number of nitrogens with one attached hydrogen (secondary N) is 1. The molecule has 1 aromatic carbocycles. The second-order valence-corrected chi connectivity index (χ2v) is 4.73. The molecule has 1 aromatic rings. The predicted octanol–water partition coefficient (Wildman–Crippen LogP) is -0.0867. The van der Waals surface area contributed by atoms with Crippen LogP contribution in [0.4, 0.5) is 5.69 Å². The van der Waals surface area contributed by atoms with Gasteiger partial charge >= 0.3 is 5.97 Å². The molecule has 96 valence electrons. The minimum Gasteiger partial charge on any atom is -0.478 e. The lowest BCUT2D eigenvalue weighted by Crippen LogP contribution is -2.17. The monoisotopic (exact) mass is 270 g/mol. The molecule has 0 aliphatic carbocycles. The minimum atomic E-state index is -3.97. The summed E-state index contributed by atoms with van der Waals surface area (Å²) in [7, 11) is -3.97. The van der Waals surface area contributed by atoms with Crippen molar-refractivity contribution in [3.63, 3.8) is 0 Å². The zero-order valence-corrected chi connectivity index (χ0v) is 9.85. The van der Waals surface area contributed by atoms with Gasteiger partial charge < -0.3 is 10.4 Å². The molecular formula is C10H10N2O5S. The number of rotatable bonds is 4. The Balaban J connectivity index is 2.99. The molecule has 0 aliphatic rings. The lowest BCUT2D eigenvalue weighted by Gasteiger charge is -2.07. The summed E-state index contributed by atoms with van der Waals surface area (Å²) in [5.41, 5.74) is -0.0139. The van der Waals surface area contributed by atoms with E-state index < -0.39 is 21.9 Å². The van der Waals surface area contributed by atoms with Gasteiger partial charge in [-0.3, -0.25) is 4.79 Å². The van der Waals surface area contributed by atoms with Crippen LogP contribution in [0.3, 0.4) is 0 Å². The Hall–Kier alpha value is -2.19. The molecule has 0 saturated carbocycles. The van der Waals surface area contributed by atoms with Crippen molar-refractivity contribution in [2.24, 2.45) is 5.14 Å². The maximum atomic E-state index is 11.3. The van der Waals surface area contributed by atoms with Gasteiger partial charge in [-0.25, -0.2) is 18.4 Å². The van der Waals surface area contributed by atoms with Gasteiger partial charge in [0.25, 0.3) is 0 Å². The number of para-hydroxylation sites is 1. The van der Waals surface area contributed by atoms with E-state index in [1.165, 1.54) is 24.3 Å². The highest BCUT2D eigenvalue weighted by Crippen LogP contribution is 2.18. The molecule has 4 N–H and O–H groups in total. The standard InChI is InChI=1S/C10H10N2O5S/c11-18(16,17)8-4-2-1-3-7(8)12-9(13)5-6-10(14)15/h1-6H,(H,12,13)(H,14,15)(H2,11,16,17)/b6-5-. The first kappa shape index (κ1) is 13.9. The Morgan fingerprint density at radius 1 is 1.22 bits per heavy atom. The summed E-state index contributed by atoms with van der Waals surface area (Å²) in [5.74, 6) is -2.06. The van der Waals surface area contributed by atoms with Crippen molar-refractivity contribution in [3.8, 4) is 0 Å². The highest BCUT2D eigenvalue weighted by atomic mass is 32.2. The Morgan fingerprint density at radius 3 is 2.39 bits per heavy atom. The largest absolute Gasteiger partial charge is 0.478 e. The minimum absolute atomic E-state index is 0.0139. The van der Waals surface area contributed by atoms with Gasteiger partial charge in [-0.1, -0.05) is 12.1 Å². The van der Waals surface area contributed by atoms with Gasteiger partial charge in [-0.15, -0.1) is 0 Å². The van der Waals surface area contributed by atoms with E-state index in [4.69, 9.17) is 10.2 Å². The first-order chi connectivity index (χ1) is 8.30. The Bertz CT molecular complexity index is 606. The summed E-state index contributed by atoms with van der Waals surface area (Å²) in [5, 5.41) is 15.5. The van der Waals surface area contributed by atoms with Crippen molar-refractivity contribution in [3.05, 3.63) is 36.4 Å². The van der Waals surface area contributed by atoms with Gasteiger partial charge in [0.15, 0.2) is 0 Å². The van der Waals surface area contributed by atoms with Gasteiger partial charge in [0.05, 0.1) is 5.69 Å². The van der Waals surface area contributed by atoms with Crippen molar-refractivity contribution in [2.45, 2.75) is 4.90 Å². The molecule has 0 saturated heterocycles. The summed E-state index contributed by atoms with van der Waals surface area (Å²) in [6.07, 6.45) is 1.40. The van der Waals surface area contributed by atoms with Crippen LogP contribution in [-0.4, -0.2) is 25.4 Å². The number of sulfonamides is 1. The summed E-state index contributed by atoms with van der Waals surface area (Å²) in [4.78, 5) is 21.3. The number of primary sulfonamides is 1. The molecule has 1 amide bonds. The quantitative estimate of drug-likeness (QED) is 0.659. The van der Waals surface area contributed by atoms with Crippen LogP contribution in [0.1, 0.15) is 0 Å². The van der Waals surface area contributed by atoms with Crippen LogP contribution in [0.25, 0.3) is 0 Å². The second kappa shape index (κ2) is 5.43. The number of amides is 1. The van der Waals surface area contributed by atoms with Crippen molar-refractivity contribution in [2.75, 3.05) is 5.32 Å². The Kier molecular flexibility index (Phi) is 4.18. The van der Waals surface area contributed by atoms with Gasteiger partial charge in [-0.2, -0.15) is 0 Å². The normalized spacial score (nSPS) is 11.4. The first-order valence-corrected chi connectivity index (χ1v) is 6.19. The molecule has 0 aliphatic heterocycles. The third-order valence-electron chi connectivity index (χ3n) is 1.83. The van der Waals surface area contributed by atoms with Gasteiger partial charge in [0, 0.05) is 12.2 Å². The summed E-state index contributed by atoms with van der Waals surface area (Å²) < 4.78 is 22.4. The smallest absolute Gasteiger partial charge is 0.328 e. The molecule has 18 heavy (non-hydrogen) atoms. The lowest BCUT2D eigenvalue weighted by atomic mass is 10.3. The second-order valence-electron chi connectivity index (χ2n) is 3.20. The molecule has 0 fully saturated rings. The number of carbonyl (C=O) groups is 2. The molecule has 0 bridgehead atoms. The van der Waals surface area contributed by atoms with Gasteiger partial charge in [0.1, 0.15) is 4.90 Å². The number of anilines is 1. The van der Waals surface area contributed by atoms with Crippen LogP contribution in [-0.2, 0) is 19.6 Å². The van der Waals surface area contributed by atoms with Crippen LogP contribution in [0.2, 0.25) is 0 Å². The number of carboxylic acids is 1. The van der Waals surface area contributed by atoms with Crippen molar-refractivity contribution in [1.82, 2.24) is 0 Å². The average Bonchev–Trinajstić information content (AvgIpc) is 2.25. The van der Waals surface area contributed by atoms with E-state index in [9.17, 15) is 18.0 Å². The zero-order valence-electron chi connectivity index (χ0n) is 9.03. The molecule has 0 aromatic heterocycles. The van der Waals surface area contributed by atoms with E-state index in [1.807, 2.05) is 0 Å². The number of hydrogen-bond acceptors (Lipinski definition) is 4. The van der Waals surface area contributed by atoms with Crippen molar-refractivity contribution >= 4 is 27.6 Å². The van der Waals surface area contributed by atoms with Gasteiger partial charge in [0.2, 0.25) is 15.9 Å². The SMILES string of the molecule is NS(=O)(=O)c1ccccc1NC(=O)/C=C\C(=O)O. The highest BCUT2D eigenvalue weighted by Gasteiger charge is 2.14. The first-order valence-electron chi connectivity index (χ1n) is 4.64. The third kappa shape index (κ3) is 4.00. The Labute approximate surface area is 103 Å². The molecule has 0 heterocycles. The topological polar surface area (TPSA) is 127 Å². The van der Waals surface area contributed by atoms with Crippen LogP contribution in [0, 0.1) is 0 Å². The molecule has 0 atom stereocenters. The lowest BCUT2D eigenvalue weighted by molar-refractivity contribution is -0.131. The number of benzene rings is 1. The van der Waals surface area contributed by atoms with Gasteiger partial charge in [-0.05, 0) is 12.1 Å². The number of hydrogen-bond donors (Lipinski definition) is 3. The maximum absolute atomic E-state index is 11.3. The van der Waals surface area contributed by atoms with Crippen LogP contribution >= 0.6 is 0 Å². The zero-order chi connectivity index (χ0) is 13.8. The molecule has 0 unspecified atom stereocenters. The molecular weight excluding hydrogens is 260 g/mol. The van der Waals surface area contributed by atoms with Crippen LogP contribution in [0.5, 0.6) is 0 Å². The average molecular weight is 270 g/mol. The predicted molar refractivity (Wildman–Crippen MR) is 63.2 cm³/mol. The molecule has 0 radical (unpaired) electrons. The van der Waals surface area contributed by atoms with E-state index >= 15 is 0 Å². The fraction of sp³-hybridized carbons (Fsp3) is 0. The van der Waals surface area contributed by atoms with Crippen molar-refractivity contribution in [1.29, 1.82) is 0 Å². The summed E-state index contributed by atoms with van der Waals surface area (Å²) >= 11 is 0. The third-order valence-corrected chi connectivity index (χ3v) is 2.80. The number of nitrogens with two attached hydrogens (primary N) is 1. The molecule has 8 heteroatoms. The molecule has 1 rings (SSSR count). The van der Waals surface area contributed by atoms with Crippen molar-refractivity contribution < 1.29 is 23.1 Å².